The molecule has 1 fully saturated rings. The molecule has 0 spiro atoms. The van der Waals surface area contributed by atoms with Crippen molar-refractivity contribution in [1.82, 2.24) is 15.3 Å². The summed E-state index contributed by atoms with van der Waals surface area (Å²) in [6, 6.07) is 23.6. The molecule has 9 heteroatoms. The maximum Gasteiger partial charge on any atom is 0.269 e. The maximum atomic E-state index is 13.3. The van der Waals surface area contributed by atoms with Crippen molar-refractivity contribution in [2.24, 2.45) is 0 Å². The summed E-state index contributed by atoms with van der Waals surface area (Å²) in [5, 5.41) is 4.68. The zero-order valence-corrected chi connectivity index (χ0v) is 19.6. The number of hydrazine groups is 1. The van der Waals surface area contributed by atoms with Crippen LogP contribution < -0.4 is 10.7 Å². The number of anilines is 1. The molecule has 34 heavy (non-hydrogen) atoms. The van der Waals surface area contributed by atoms with Crippen molar-refractivity contribution in [1.29, 1.82) is 0 Å². The minimum atomic E-state index is -0.990. The van der Waals surface area contributed by atoms with Crippen LogP contribution in [0.3, 0.4) is 0 Å². The second-order valence-corrected chi connectivity index (χ2v) is 8.45. The molecule has 4 rings (SSSR count). The lowest BCUT2D eigenvalue weighted by atomic mass is 10.1. The second kappa shape index (κ2) is 10.5. The van der Waals surface area contributed by atoms with Gasteiger partial charge in [-0.15, -0.1) is 0 Å². The van der Waals surface area contributed by atoms with Crippen molar-refractivity contribution in [2.45, 2.75) is 19.0 Å². The van der Waals surface area contributed by atoms with E-state index in [0.29, 0.717) is 16.3 Å². The van der Waals surface area contributed by atoms with Crippen LogP contribution in [0.25, 0.3) is 0 Å². The first-order valence-electron chi connectivity index (χ1n) is 10.5. The van der Waals surface area contributed by atoms with Gasteiger partial charge < -0.3 is 5.32 Å². The molecule has 0 aromatic heterocycles. The number of nitrogens with zero attached hydrogens (tertiary/aromatic N) is 2. The van der Waals surface area contributed by atoms with Crippen LogP contribution in [0.5, 0.6) is 0 Å². The minimum Gasteiger partial charge on any atom is -0.326 e. The molecule has 1 saturated heterocycles. The molecule has 3 aromatic rings. The largest absolute Gasteiger partial charge is 0.326 e. The summed E-state index contributed by atoms with van der Waals surface area (Å²) in [5.74, 6) is -1.21. The van der Waals surface area contributed by atoms with Crippen LogP contribution in [-0.4, -0.2) is 38.8 Å². The van der Waals surface area contributed by atoms with Crippen molar-refractivity contribution in [3.8, 4) is 0 Å². The smallest absolute Gasteiger partial charge is 0.269 e. The van der Waals surface area contributed by atoms with E-state index in [2.05, 4.69) is 10.7 Å². The number of hydrogen-bond donors (Lipinski definition) is 2. The average molecular weight is 493 g/mol. The predicted octanol–water partition coefficient (Wildman–Crippen LogP) is 4.01. The molecule has 2 N–H and O–H groups in total. The summed E-state index contributed by atoms with van der Waals surface area (Å²) in [4.78, 5) is 40.3. The molecule has 0 unspecified atom stereocenters. The van der Waals surface area contributed by atoms with Gasteiger partial charge in [-0.1, -0.05) is 60.1 Å². The Bertz CT molecular complexity index is 1210. The number of carbonyl (C=O) groups is 3. The summed E-state index contributed by atoms with van der Waals surface area (Å²) in [6.07, 6.45) is -0.194. The van der Waals surface area contributed by atoms with Crippen molar-refractivity contribution in [3.63, 3.8) is 0 Å². The number of thiocarbonyl (C=S) groups is 1. The lowest BCUT2D eigenvalue weighted by Crippen LogP contribution is -2.49. The Hall–Kier alpha value is -3.75. The number of halogens is 1. The van der Waals surface area contributed by atoms with E-state index in [1.165, 1.54) is 9.91 Å². The third kappa shape index (κ3) is 5.41. The van der Waals surface area contributed by atoms with Crippen LogP contribution in [-0.2, 0) is 16.1 Å². The van der Waals surface area contributed by atoms with Gasteiger partial charge in [-0.2, -0.15) is 0 Å². The molecular weight excluding hydrogens is 472 g/mol. The van der Waals surface area contributed by atoms with Gasteiger partial charge in [-0.3, -0.25) is 24.7 Å². The summed E-state index contributed by atoms with van der Waals surface area (Å²) in [6.45, 7) is 0.225. The van der Waals surface area contributed by atoms with Crippen LogP contribution in [0.2, 0.25) is 5.02 Å². The molecule has 1 heterocycles. The molecule has 0 bridgehead atoms. The van der Waals surface area contributed by atoms with E-state index in [1.54, 1.807) is 48.5 Å². The van der Waals surface area contributed by atoms with E-state index in [0.717, 1.165) is 5.56 Å². The standard InChI is InChI=1S/C25H21ClN4O3S/c26-19-13-11-18(12-14-19)23(32)28-30-21(15-22(31)27-20-9-5-2-6-10-20)24(33)29(25(30)34)16-17-7-3-1-4-8-17/h1-14,21H,15-16H2,(H,27,31)(H,28,32)/t21-/m1/s1. The van der Waals surface area contributed by atoms with Gasteiger partial charge >= 0.3 is 0 Å². The van der Waals surface area contributed by atoms with Gasteiger partial charge in [0.1, 0.15) is 6.04 Å². The number of hydrogen-bond acceptors (Lipinski definition) is 4. The Morgan fingerprint density at radius 3 is 2.18 bits per heavy atom. The van der Waals surface area contributed by atoms with E-state index in [4.69, 9.17) is 23.8 Å². The van der Waals surface area contributed by atoms with E-state index in [9.17, 15) is 14.4 Å². The topological polar surface area (TPSA) is 81.8 Å². The maximum absolute atomic E-state index is 13.3. The molecular formula is C25H21ClN4O3S. The lowest BCUT2D eigenvalue weighted by molar-refractivity contribution is -0.131. The predicted molar refractivity (Wildman–Crippen MR) is 134 cm³/mol. The summed E-state index contributed by atoms with van der Waals surface area (Å²) >= 11 is 11.5. The highest BCUT2D eigenvalue weighted by molar-refractivity contribution is 7.80. The van der Waals surface area contributed by atoms with Crippen molar-refractivity contribution < 1.29 is 14.4 Å². The molecule has 0 saturated carbocycles. The molecule has 3 aromatic carbocycles. The minimum absolute atomic E-state index is 0.119. The van der Waals surface area contributed by atoms with Gasteiger partial charge in [0.05, 0.1) is 13.0 Å². The highest BCUT2D eigenvalue weighted by atomic mass is 35.5. The lowest BCUT2D eigenvalue weighted by Gasteiger charge is -2.24. The number of amides is 3. The van der Waals surface area contributed by atoms with Gasteiger partial charge in [0.2, 0.25) is 5.91 Å². The number of para-hydroxylation sites is 1. The van der Waals surface area contributed by atoms with Crippen LogP contribution in [0, 0.1) is 0 Å². The Morgan fingerprint density at radius 2 is 1.53 bits per heavy atom. The third-order valence-corrected chi connectivity index (χ3v) is 5.92. The van der Waals surface area contributed by atoms with Crippen molar-refractivity contribution in [3.05, 3.63) is 101 Å². The van der Waals surface area contributed by atoms with E-state index < -0.39 is 11.9 Å². The number of benzene rings is 3. The molecule has 0 radical (unpaired) electrons. The fraction of sp³-hybridized carbons (Fsp3) is 0.120. The molecule has 0 aliphatic carbocycles. The summed E-state index contributed by atoms with van der Waals surface area (Å²) in [7, 11) is 0. The van der Waals surface area contributed by atoms with Crippen LogP contribution in [0.1, 0.15) is 22.3 Å². The van der Waals surface area contributed by atoms with E-state index in [-0.39, 0.29) is 29.9 Å². The average Bonchev–Trinajstić information content (AvgIpc) is 3.05. The SMILES string of the molecule is O=C(C[C@@H]1C(=O)N(Cc2ccccc2)C(=S)N1NC(=O)c1ccc(Cl)cc1)Nc1ccccc1. The fourth-order valence-electron chi connectivity index (χ4n) is 3.55. The Balaban J connectivity index is 1.55. The number of carbonyl (C=O) groups excluding carboxylic acids is 3. The van der Waals surface area contributed by atoms with Crippen molar-refractivity contribution >= 4 is 52.3 Å². The highest BCUT2D eigenvalue weighted by Gasteiger charge is 2.44. The Morgan fingerprint density at radius 1 is 0.912 bits per heavy atom. The zero-order chi connectivity index (χ0) is 24.1. The van der Waals surface area contributed by atoms with Crippen LogP contribution in [0.15, 0.2) is 84.9 Å². The molecule has 1 aliphatic heterocycles. The third-order valence-electron chi connectivity index (χ3n) is 5.25. The van der Waals surface area contributed by atoms with Gasteiger partial charge in [0, 0.05) is 16.3 Å². The monoisotopic (exact) mass is 492 g/mol. The molecule has 7 nitrogen and oxygen atoms in total. The second-order valence-electron chi connectivity index (χ2n) is 7.64. The van der Waals surface area contributed by atoms with Gasteiger partial charge in [-0.25, -0.2) is 5.01 Å². The molecule has 1 atom stereocenters. The van der Waals surface area contributed by atoms with Gasteiger partial charge in [-0.05, 0) is 54.2 Å². The fourth-order valence-corrected chi connectivity index (χ4v) is 4.00. The normalized spacial score (nSPS) is 15.4. The van der Waals surface area contributed by atoms with Crippen LogP contribution in [0.4, 0.5) is 5.69 Å². The first-order valence-corrected chi connectivity index (χ1v) is 11.3. The number of rotatable bonds is 7. The Kier molecular flexibility index (Phi) is 7.20. The first-order chi connectivity index (χ1) is 16.4. The summed E-state index contributed by atoms with van der Waals surface area (Å²) < 4.78 is 0. The zero-order valence-electron chi connectivity index (χ0n) is 18.0. The molecule has 3 amide bonds. The number of nitrogens with one attached hydrogen (secondary N) is 2. The van der Waals surface area contributed by atoms with Crippen molar-refractivity contribution in [2.75, 3.05) is 5.32 Å². The van der Waals surface area contributed by atoms with E-state index in [1.807, 2.05) is 36.4 Å². The highest BCUT2D eigenvalue weighted by Crippen LogP contribution is 2.23. The van der Waals surface area contributed by atoms with Crippen LogP contribution >= 0.6 is 23.8 Å². The first kappa shape index (κ1) is 23.4. The van der Waals surface area contributed by atoms with Gasteiger partial charge in [0.15, 0.2) is 5.11 Å². The molecule has 1 aliphatic rings. The van der Waals surface area contributed by atoms with E-state index >= 15 is 0 Å². The molecule has 172 valence electrons. The van der Waals surface area contributed by atoms with Gasteiger partial charge in [0.25, 0.3) is 11.8 Å². The quantitative estimate of drug-likeness (QED) is 0.487. The Labute approximate surface area is 207 Å². The summed E-state index contributed by atoms with van der Waals surface area (Å²) in [5.41, 5.74) is 4.52.